The van der Waals surface area contributed by atoms with E-state index in [1.165, 1.54) is 0 Å². The van der Waals surface area contributed by atoms with Crippen molar-refractivity contribution in [1.82, 2.24) is 0 Å². The second-order valence-corrected chi connectivity index (χ2v) is 5.72. The Morgan fingerprint density at radius 2 is 1.68 bits per heavy atom. The van der Waals surface area contributed by atoms with Crippen LogP contribution in [0.2, 0.25) is 0 Å². The first kappa shape index (κ1) is 18.9. The lowest BCUT2D eigenvalue weighted by atomic mass is 10.1. The van der Waals surface area contributed by atoms with Gasteiger partial charge in [-0.3, -0.25) is 4.79 Å². The monoisotopic (exact) mass is 344 g/mol. The van der Waals surface area contributed by atoms with Crippen molar-refractivity contribution in [2.75, 3.05) is 5.75 Å². The smallest absolute Gasteiger partial charge is 0.282 e. The van der Waals surface area contributed by atoms with Crippen LogP contribution in [0.25, 0.3) is 0 Å². The van der Waals surface area contributed by atoms with Crippen LogP contribution in [0.15, 0.2) is 30.3 Å². The second-order valence-electron chi connectivity index (χ2n) is 4.65. The van der Waals surface area contributed by atoms with E-state index >= 15 is 0 Å². The molecule has 0 bridgehead atoms. The molecule has 1 rings (SSSR count). The van der Waals surface area contributed by atoms with Crippen LogP contribution in [0, 0.1) is 0 Å². The van der Waals surface area contributed by atoms with E-state index in [-0.39, 0.29) is 17.3 Å². The van der Waals surface area contributed by atoms with Gasteiger partial charge in [-0.15, -0.1) is 0 Å². The van der Waals surface area contributed by atoms with Crippen molar-refractivity contribution in [1.29, 1.82) is 0 Å². The number of hydrogen-bond acceptors (Lipinski definition) is 2. The van der Waals surface area contributed by atoms with Crippen molar-refractivity contribution < 1.29 is 31.1 Å². The average Bonchev–Trinajstić information content (AvgIpc) is 2.42. The fourth-order valence-corrected chi connectivity index (χ4v) is 2.42. The normalized spacial score (nSPS) is 13.9. The molecule has 0 saturated heterocycles. The minimum Gasteiger partial charge on any atom is -0.282 e. The third-order valence-electron chi connectivity index (χ3n) is 2.80. The van der Waals surface area contributed by atoms with Crippen LogP contribution >= 0.6 is 11.8 Å². The summed E-state index contributed by atoms with van der Waals surface area (Å²) in [5.41, 5.74) is 0.452. The number of carbonyl (C=O) groups excluding carboxylic acids is 1. The van der Waals surface area contributed by atoms with Gasteiger partial charge in [0.25, 0.3) is 0 Å². The molecular weight excluding hydrogens is 330 g/mol. The van der Waals surface area contributed by atoms with Crippen LogP contribution in [0.3, 0.4) is 0 Å². The highest BCUT2D eigenvalue weighted by Gasteiger charge is 2.58. The van der Waals surface area contributed by atoms with Crippen molar-refractivity contribution in [3.63, 3.8) is 0 Å². The van der Waals surface area contributed by atoms with E-state index in [9.17, 15) is 31.1 Å². The largest absolute Gasteiger partial charge is 0.453 e. The number of benzene rings is 1. The fourth-order valence-electron chi connectivity index (χ4n) is 1.62. The second kappa shape index (κ2) is 7.89. The van der Waals surface area contributed by atoms with E-state index in [2.05, 4.69) is 0 Å². The van der Waals surface area contributed by atoms with Crippen molar-refractivity contribution in [3.8, 4) is 0 Å². The molecule has 1 atom stereocenters. The van der Waals surface area contributed by atoms with Crippen LogP contribution in [-0.4, -0.2) is 29.1 Å². The number of rotatable bonds is 7. The summed E-state index contributed by atoms with van der Waals surface area (Å²) in [6.45, 7) is 0. The van der Waals surface area contributed by atoms with Gasteiger partial charge in [0.1, 0.15) is 6.17 Å². The predicted octanol–water partition coefficient (Wildman–Crippen LogP) is 5.27. The molecule has 1 aromatic rings. The minimum atomic E-state index is -5.74. The molecule has 1 nitrogen and oxygen atoms in total. The Hall–Kier alpha value is -1.18. The molecule has 0 fully saturated rings. The van der Waals surface area contributed by atoms with Crippen molar-refractivity contribution in [2.24, 2.45) is 0 Å². The fraction of sp³-hybridized carbons (Fsp3) is 0.500. The van der Waals surface area contributed by atoms with Crippen molar-refractivity contribution in [3.05, 3.63) is 35.9 Å². The number of hydrogen-bond donors (Lipinski definition) is 0. The molecule has 0 aromatic heterocycles. The summed E-state index contributed by atoms with van der Waals surface area (Å²) in [6, 6.07) is 8.26. The number of halogens is 6. The van der Waals surface area contributed by atoms with E-state index in [0.29, 0.717) is 5.56 Å². The Bertz CT molecular complexity index is 474. The number of carbonyl (C=O) groups is 1. The van der Waals surface area contributed by atoms with Crippen LogP contribution in [0.4, 0.5) is 26.3 Å². The van der Waals surface area contributed by atoms with Gasteiger partial charge in [0.15, 0.2) is 0 Å². The Labute approximate surface area is 128 Å². The number of alkyl halides is 6. The first-order valence-corrected chi connectivity index (χ1v) is 7.43. The molecule has 0 saturated carbocycles. The van der Waals surface area contributed by atoms with E-state index in [1.807, 2.05) is 0 Å². The topological polar surface area (TPSA) is 17.1 Å². The number of thioether (sulfide) groups is 1. The van der Waals surface area contributed by atoms with Crippen molar-refractivity contribution in [2.45, 2.75) is 37.5 Å². The molecule has 0 aliphatic heterocycles. The minimum absolute atomic E-state index is 0.0400. The van der Waals surface area contributed by atoms with E-state index in [1.54, 1.807) is 30.3 Å². The maximum absolute atomic E-state index is 13.2. The van der Waals surface area contributed by atoms with E-state index in [0.717, 1.165) is 11.8 Å². The van der Waals surface area contributed by atoms with Gasteiger partial charge >= 0.3 is 12.1 Å². The van der Waals surface area contributed by atoms with Gasteiger partial charge in [-0.05, 0) is 12.8 Å². The molecule has 0 aliphatic rings. The Kier molecular flexibility index (Phi) is 6.77. The zero-order valence-electron chi connectivity index (χ0n) is 11.4. The highest BCUT2D eigenvalue weighted by molar-refractivity contribution is 8.14. The average molecular weight is 344 g/mol. The molecule has 0 radical (unpaired) electrons. The van der Waals surface area contributed by atoms with Crippen LogP contribution in [0.5, 0.6) is 0 Å². The standard InChI is InChI=1S/C14H14F6OS/c15-11(9-13(16,17)14(18,19)20)7-4-8-22-12(21)10-5-2-1-3-6-10/h1-3,5-6,11H,4,7-9H2. The lowest BCUT2D eigenvalue weighted by Gasteiger charge is -2.21. The molecule has 1 unspecified atom stereocenters. The van der Waals surface area contributed by atoms with Crippen molar-refractivity contribution >= 4 is 16.9 Å². The first-order chi connectivity index (χ1) is 10.1. The molecule has 1 aromatic carbocycles. The molecule has 22 heavy (non-hydrogen) atoms. The summed E-state index contributed by atoms with van der Waals surface area (Å²) >= 11 is 0.880. The van der Waals surface area contributed by atoms with Gasteiger partial charge in [0, 0.05) is 11.3 Å². The van der Waals surface area contributed by atoms with Gasteiger partial charge < -0.3 is 0 Å². The summed E-state index contributed by atoms with van der Waals surface area (Å²) in [4.78, 5) is 11.7. The maximum atomic E-state index is 13.2. The third-order valence-corrected chi connectivity index (χ3v) is 3.79. The Balaban J connectivity index is 2.29. The van der Waals surface area contributed by atoms with Crippen LogP contribution in [0.1, 0.15) is 29.6 Å². The van der Waals surface area contributed by atoms with Crippen LogP contribution < -0.4 is 0 Å². The predicted molar refractivity (Wildman–Crippen MR) is 73.0 cm³/mol. The molecule has 0 spiro atoms. The molecule has 0 N–H and O–H groups in total. The zero-order valence-corrected chi connectivity index (χ0v) is 12.2. The highest BCUT2D eigenvalue weighted by Crippen LogP contribution is 2.39. The van der Waals surface area contributed by atoms with E-state index < -0.39 is 31.1 Å². The molecule has 124 valence electrons. The lowest BCUT2D eigenvalue weighted by Crippen LogP contribution is -2.38. The van der Waals surface area contributed by atoms with Gasteiger partial charge in [0.2, 0.25) is 5.12 Å². The van der Waals surface area contributed by atoms with Gasteiger partial charge in [-0.2, -0.15) is 22.0 Å². The van der Waals surface area contributed by atoms with Gasteiger partial charge in [-0.25, -0.2) is 4.39 Å². The summed E-state index contributed by atoms with van der Waals surface area (Å²) in [5.74, 6) is -4.87. The summed E-state index contributed by atoms with van der Waals surface area (Å²) in [7, 11) is 0. The Morgan fingerprint density at radius 1 is 1.09 bits per heavy atom. The zero-order chi connectivity index (χ0) is 16.8. The lowest BCUT2D eigenvalue weighted by molar-refractivity contribution is -0.288. The quantitative estimate of drug-likeness (QED) is 0.495. The van der Waals surface area contributed by atoms with Crippen LogP contribution in [-0.2, 0) is 0 Å². The van der Waals surface area contributed by atoms with Gasteiger partial charge in [0.05, 0.1) is 6.42 Å². The van der Waals surface area contributed by atoms with E-state index in [4.69, 9.17) is 0 Å². The van der Waals surface area contributed by atoms with Gasteiger partial charge in [-0.1, -0.05) is 42.1 Å². The maximum Gasteiger partial charge on any atom is 0.453 e. The SMILES string of the molecule is O=C(SCCCC(F)CC(F)(F)C(F)(F)F)c1ccccc1. The summed E-state index contributed by atoms with van der Waals surface area (Å²) < 4.78 is 74.2. The summed E-state index contributed by atoms with van der Waals surface area (Å²) in [6.07, 6.45) is -10.3. The summed E-state index contributed by atoms with van der Waals surface area (Å²) in [5, 5.41) is -0.253. The third kappa shape index (κ3) is 5.90. The first-order valence-electron chi connectivity index (χ1n) is 6.44. The Morgan fingerprint density at radius 3 is 2.23 bits per heavy atom. The molecule has 8 heteroatoms. The molecule has 0 amide bonds. The molecule has 0 heterocycles. The molecule has 0 aliphatic carbocycles. The molecular formula is C14H14F6OS. The highest BCUT2D eigenvalue weighted by atomic mass is 32.2.